The van der Waals surface area contributed by atoms with Gasteiger partial charge in [-0.1, -0.05) is 36.8 Å². The highest BCUT2D eigenvalue weighted by molar-refractivity contribution is 6.01. The first-order valence-electron chi connectivity index (χ1n) is 14.2. The number of para-hydroxylation sites is 1. The maximum absolute atomic E-state index is 17.3. The lowest BCUT2D eigenvalue weighted by atomic mass is 9.45. The SMILES string of the molecule is C[C@]12C=CC(=O)C=C1CC[C@H]1[C@@H]3CC[C@@](OC(=O)c4ccc(Oc5ccccc5)c(O)c4)(C(=O)O)[C@@]3(C)C[C@H](O)C12F. The zero-order valence-corrected chi connectivity index (χ0v) is 23.4. The predicted octanol–water partition coefficient (Wildman–Crippen LogP) is 5.54. The molecular formula is C33H33FO8. The molecule has 0 aromatic heterocycles. The minimum Gasteiger partial charge on any atom is -0.504 e. The number of aliphatic hydroxyl groups excluding tert-OH is 1. The number of carbonyl (C=O) groups excluding carboxylic acids is 2. The Morgan fingerprint density at radius 2 is 1.79 bits per heavy atom. The molecule has 0 bridgehead atoms. The number of rotatable bonds is 5. The number of esters is 1. The Hall–Kier alpha value is -3.98. The molecular weight excluding hydrogens is 543 g/mol. The fourth-order valence-corrected chi connectivity index (χ4v) is 8.32. The Kier molecular flexibility index (Phi) is 6.38. The number of phenols is 1. The Morgan fingerprint density at radius 3 is 2.48 bits per heavy atom. The van der Waals surface area contributed by atoms with Crippen LogP contribution >= 0.6 is 0 Å². The Bertz CT molecular complexity index is 1530. The predicted molar refractivity (Wildman–Crippen MR) is 149 cm³/mol. The first-order chi connectivity index (χ1) is 19.9. The molecule has 2 aromatic carbocycles. The molecule has 6 rings (SSSR count). The number of alkyl halides is 1. The number of halogens is 1. The van der Waals surface area contributed by atoms with E-state index in [2.05, 4.69) is 0 Å². The van der Waals surface area contributed by atoms with E-state index in [0.717, 1.165) is 6.07 Å². The molecule has 7 atom stereocenters. The second kappa shape index (κ2) is 9.52. The summed E-state index contributed by atoms with van der Waals surface area (Å²) in [5.74, 6) is -3.51. The summed E-state index contributed by atoms with van der Waals surface area (Å²) in [6, 6.07) is 12.7. The molecule has 0 saturated heterocycles. The van der Waals surface area contributed by atoms with E-state index in [1.165, 1.54) is 24.3 Å². The molecule has 4 aliphatic rings. The van der Waals surface area contributed by atoms with Crippen molar-refractivity contribution in [2.45, 2.75) is 63.3 Å². The van der Waals surface area contributed by atoms with Gasteiger partial charge in [0.25, 0.3) is 0 Å². The highest BCUT2D eigenvalue weighted by Crippen LogP contribution is 2.70. The number of hydrogen-bond acceptors (Lipinski definition) is 7. The molecule has 3 saturated carbocycles. The van der Waals surface area contributed by atoms with Crippen molar-refractivity contribution >= 4 is 17.7 Å². The summed E-state index contributed by atoms with van der Waals surface area (Å²) < 4.78 is 28.8. The Labute approximate surface area is 242 Å². The summed E-state index contributed by atoms with van der Waals surface area (Å²) in [6.45, 7) is 3.36. The number of phenolic OH excluding ortho intramolecular Hbond substituents is 1. The number of carbonyl (C=O) groups is 3. The van der Waals surface area contributed by atoms with Crippen LogP contribution in [0.3, 0.4) is 0 Å². The van der Waals surface area contributed by atoms with Gasteiger partial charge in [-0.25, -0.2) is 14.0 Å². The topological polar surface area (TPSA) is 130 Å². The van der Waals surface area contributed by atoms with Gasteiger partial charge in [0.05, 0.1) is 11.7 Å². The van der Waals surface area contributed by atoms with Gasteiger partial charge in [-0.3, -0.25) is 4.79 Å². The van der Waals surface area contributed by atoms with Crippen LogP contribution in [0.4, 0.5) is 4.39 Å². The standard InChI is InChI=1S/C33H33FO8/c1-30-14-12-21(35)17-20(30)9-10-24-23-13-15-32(29(39)40,31(23,2)18-27(37)33(24,30)34)42-28(38)19-8-11-26(25(36)16-19)41-22-6-4-3-5-7-22/h3-8,11-12,14,16-17,23-24,27,36-37H,9-10,13,15,18H2,1-2H3,(H,39,40)/t23-,24-,27-,30-,31-,32+,33?/m0/s1. The van der Waals surface area contributed by atoms with E-state index in [1.54, 1.807) is 44.2 Å². The Balaban J connectivity index is 1.30. The molecule has 42 heavy (non-hydrogen) atoms. The van der Waals surface area contributed by atoms with E-state index < -0.39 is 52.0 Å². The van der Waals surface area contributed by atoms with Gasteiger partial charge in [0.2, 0.25) is 5.60 Å². The fourth-order valence-electron chi connectivity index (χ4n) is 8.32. The molecule has 4 aliphatic carbocycles. The molecule has 3 N–H and O–H groups in total. The first kappa shape index (κ1) is 28.2. The summed E-state index contributed by atoms with van der Waals surface area (Å²) >= 11 is 0. The summed E-state index contributed by atoms with van der Waals surface area (Å²) in [4.78, 5) is 38.4. The molecule has 2 aromatic rings. The van der Waals surface area contributed by atoms with Crippen LogP contribution in [0, 0.1) is 22.7 Å². The molecule has 0 radical (unpaired) electrons. The number of ether oxygens (including phenoxy) is 2. The van der Waals surface area contributed by atoms with E-state index in [4.69, 9.17) is 9.47 Å². The van der Waals surface area contributed by atoms with Gasteiger partial charge in [0.1, 0.15) is 5.75 Å². The molecule has 0 aliphatic heterocycles. The highest BCUT2D eigenvalue weighted by atomic mass is 19.1. The molecule has 0 amide bonds. The summed E-state index contributed by atoms with van der Waals surface area (Å²) in [7, 11) is 0. The number of carboxylic acid groups (broad SMARTS) is 1. The van der Waals surface area contributed by atoms with E-state index >= 15 is 4.39 Å². The van der Waals surface area contributed by atoms with Crippen molar-refractivity contribution in [3.63, 3.8) is 0 Å². The van der Waals surface area contributed by atoms with E-state index in [9.17, 15) is 29.7 Å². The quantitative estimate of drug-likeness (QED) is 0.396. The maximum atomic E-state index is 17.3. The number of ketones is 1. The van der Waals surface area contributed by atoms with E-state index in [0.29, 0.717) is 24.2 Å². The van der Waals surface area contributed by atoms with Crippen molar-refractivity contribution in [1.29, 1.82) is 0 Å². The molecule has 0 heterocycles. The zero-order chi connectivity index (χ0) is 30.1. The Morgan fingerprint density at radius 1 is 1.05 bits per heavy atom. The summed E-state index contributed by atoms with van der Waals surface area (Å²) in [5.41, 5.74) is -6.09. The number of allylic oxidation sites excluding steroid dienone is 4. The lowest BCUT2D eigenvalue weighted by Gasteiger charge is -2.62. The normalized spacial score (nSPS) is 36.7. The first-order valence-corrected chi connectivity index (χ1v) is 14.2. The van der Waals surface area contributed by atoms with Crippen LogP contribution in [0.25, 0.3) is 0 Å². The average Bonchev–Trinajstić information content (AvgIpc) is 3.24. The number of hydrogen-bond donors (Lipinski definition) is 3. The average molecular weight is 577 g/mol. The van der Waals surface area contributed by atoms with Crippen molar-refractivity contribution in [3.05, 3.63) is 77.9 Å². The van der Waals surface area contributed by atoms with Crippen molar-refractivity contribution in [1.82, 2.24) is 0 Å². The molecule has 9 heteroatoms. The lowest BCUT2D eigenvalue weighted by molar-refractivity contribution is -0.222. The van der Waals surface area contributed by atoms with Crippen LogP contribution in [0.2, 0.25) is 0 Å². The third kappa shape index (κ3) is 3.79. The van der Waals surface area contributed by atoms with Crippen molar-refractivity contribution in [2.24, 2.45) is 22.7 Å². The largest absolute Gasteiger partial charge is 0.504 e. The van der Waals surface area contributed by atoms with Gasteiger partial charge < -0.3 is 24.8 Å². The van der Waals surface area contributed by atoms with Crippen molar-refractivity contribution in [3.8, 4) is 17.2 Å². The molecule has 0 spiro atoms. The number of aliphatic carboxylic acids is 1. The number of carboxylic acids is 1. The maximum Gasteiger partial charge on any atom is 0.348 e. The zero-order valence-electron chi connectivity index (χ0n) is 23.4. The van der Waals surface area contributed by atoms with E-state index in [-0.39, 0.29) is 42.1 Å². The van der Waals surface area contributed by atoms with Crippen molar-refractivity contribution < 1.29 is 43.6 Å². The monoisotopic (exact) mass is 576 g/mol. The third-order valence-electron chi connectivity index (χ3n) is 10.5. The minimum atomic E-state index is -2.13. The van der Waals surface area contributed by atoms with Gasteiger partial charge in [0.15, 0.2) is 23.0 Å². The van der Waals surface area contributed by atoms with Gasteiger partial charge in [-0.05, 0) is 87.4 Å². The smallest absolute Gasteiger partial charge is 0.348 e. The van der Waals surface area contributed by atoms with Gasteiger partial charge in [0, 0.05) is 16.7 Å². The molecule has 8 nitrogen and oxygen atoms in total. The van der Waals surface area contributed by atoms with Gasteiger partial charge in [-0.2, -0.15) is 0 Å². The number of aromatic hydroxyl groups is 1. The number of benzene rings is 2. The van der Waals surface area contributed by atoms with Gasteiger partial charge >= 0.3 is 11.9 Å². The second-order valence-electron chi connectivity index (χ2n) is 12.4. The number of aliphatic hydroxyl groups is 1. The number of fused-ring (bicyclic) bond motifs is 5. The molecule has 3 fully saturated rings. The summed E-state index contributed by atoms with van der Waals surface area (Å²) in [5, 5.41) is 32.6. The second-order valence-corrected chi connectivity index (χ2v) is 12.4. The highest BCUT2D eigenvalue weighted by Gasteiger charge is 2.76. The van der Waals surface area contributed by atoms with Crippen LogP contribution in [0.1, 0.15) is 56.3 Å². The molecule has 1 unspecified atom stereocenters. The fraction of sp³-hybridized carbons (Fsp3) is 0.424. The van der Waals surface area contributed by atoms with Crippen LogP contribution in [0.5, 0.6) is 17.2 Å². The lowest BCUT2D eigenvalue weighted by Crippen LogP contribution is -2.69. The van der Waals surface area contributed by atoms with Crippen LogP contribution in [-0.4, -0.2) is 50.4 Å². The van der Waals surface area contributed by atoms with E-state index in [1.807, 2.05) is 6.07 Å². The molecule has 220 valence electrons. The summed E-state index contributed by atoms with van der Waals surface area (Å²) in [6.07, 6.45) is 3.51. The van der Waals surface area contributed by atoms with Crippen LogP contribution in [0.15, 0.2) is 72.3 Å². The third-order valence-corrected chi connectivity index (χ3v) is 10.5. The van der Waals surface area contributed by atoms with Crippen LogP contribution < -0.4 is 4.74 Å². The van der Waals surface area contributed by atoms with Crippen LogP contribution in [-0.2, 0) is 14.3 Å². The minimum absolute atomic E-state index is 0.0521. The van der Waals surface area contributed by atoms with Gasteiger partial charge in [-0.15, -0.1) is 0 Å². The van der Waals surface area contributed by atoms with Crippen molar-refractivity contribution in [2.75, 3.05) is 0 Å².